The molecule has 3 N–H and O–H groups in total. The first-order valence-corrected chi connectivity index (χ1v) is 8.02. The molecule has 3 nitrogen and oxygen atoms in total. The molecule has 2 fully saturated rings. The summed E-state index contributed by atoms with van der Waals surface area (Å²) >= 11 is 13.9. The number of Topliss-reactive ketones (excluding diaryl/α,β-unsaturated/α-hetero) is 1. The molecule has 2 aliphatic rings. The molecule has 0 bridgehead atoms. The smallest absolute Gasteiger partial charge is 0.189 e. The highest BCUT2D eigenvalue weighted by molar-refractivity contribution is 7.99. The van der Waals surface area contributed by atoms with Crippen LogP contribution in [0.5, 0.6) is 0 Å². The number of alkyl halides is 2. The minimum absolute atomic E-state index is 0.0256. The summed E-state index contributed by atoms with van der Waals surface area (Å²) in [4.78, 5) is 13.4. The monoisotopic (exact) mass is 297 g/mol. The van der Waals surface area contributed by atoms with E-state index >= 15 is 0 Å². The van der Waals surface area contributed by atoms with Crippen LogP contribution in [0, 0.1) is 5.92 Å². The third-order valence-electron chi connectivity index (χ3n) is 3.67. The predicted molar refractivity (Wildman–Crippen MR) is 72.8 cm³/mol. The van der Waals surface area contributed by atoms with Crippen molar-refractivity contribution in [1.29, 1.82) is 0 Å². The predicted octanol–water partition coefficient (Wildman–Crippen LogP) is 0.444. The van der Waals surface area contributed by atoms with Crippen LogP contribution in [0.2, 0.25) is 0 Å². The van der Waals surface area contributed by atoms with Crippen LogP contribution in [-0.4, -0.2) is 40.9 Å². The Morgan fingerprint density at radius 3 is 2.71 bits per heavy atom. The van der Waals surface area contributed by atoms with Crippen LogP contribution >= 0.6 is 35.0 Å². The molecule has 5 atom stereocenters. The van der Waals surface area contributed by atoms with Gasteiger partial charge in [-0.15, -0.1) is 23.2 Å². The Morgan fingerprint density at radius 2 is 2.12 bits per heavy atom. The van der Waals surface area contributed by atoms with Gasteiger partial charge in [0.15, 0.2) is 11.3 Å². The summed E-state index contributed by atoms with van der Waals surface area (Å²) in [5, 5.41) is -0.0337. The van der Waals surface area contributed by atoms with Gasteiger partial charge in [-0.3, -0.25) is 10.5 Å². The van der Waals surface area contributed by atoms with Crippen molar-refractivity contribution in [2.75, 3.05) is 18.8 Å². The van der Waals surface area contributed by atoms with Crippen molar-refractivity contribution in [3.05, 3.63) is 0 Å². The van der Waals surface area contributed by atoms with E-state index in [2.05, 4.69) is 0 Å². The largest absolute Gasteiger partial charge is 0.305 e. The Kier molecular flexibility index (Phi) is 5.01. The first kappa shape index (κ1) is 13.9. The van der Waals surface area contributed by atoms with E-state index < -0.39 is 0 Å². The molecule has 0 aromatic rings. The number of carbonyl (C=O) groups excluding carboxylic acids is 1. The average molecular weight is 298 g/mol. The normalized spacial score (nSPS) is 42.6. The van der Waals surface area contributed by atoms with Gasteiger partial charge in [-0.1, -0.05) is 11.8 Å². The Balaban J connectivity index is 1.83. The van der Waals surface area contributed by atoms with Crippen molar-refractivity contribution in [3.8, 4) is 0 Å². The first-order chi connectivity index (χ1) is 8.08. The number of ketones is 1. The summed E-state index contributed by atoms with van der Waals surface area (Å²) < 4.78 is 0. The number of nitrogens with one attached hydrogen (secondary N) is 1. The van der Waals surface area contributed by atoms with Crippen molar-refractivity contribution in [2.24, 2.45) is 11.7 Å². The van der Waals surface area contributed by atoms with Gasteiger partial charge < -0.3 is 4.90 Å². The molecule has 6 heteroatoms. The Labute approximate surface area is 116 Å². The number of quaternary nitrogens is 1. The van der Waals surface area contributed by atoms with E-state index in [0.717, 1.165) is 31.6 Å². The third-order valence-corrected chi connectivity index (χ3v) is 5.94. The lowest BCUT2D eigenvalue weighted by Gasteiger charge is -2.29. The summed E-state index contributed by atoms with van der Waals surface area (Å²) in [6, 6.07) is 0. The highest BCUT2D eigenvalue weighted by Crippen LogP contribution is 2.31. The molecular weight excluding hydrogens is 279 g/mol. The molecule has 0 spiro atoms. The van der Waals surface area contributed by atoms with Crippen molar-refractivity contribution >= 4 is 40.7 Å². The minimum atomic E-state index is -0.0593. The fourth-order valence-electron chi connectivity index (χ4n) is 2.51. The molecule has 1 aliphatic carbocycles. The van der Waals surface area contributed by atoms with Gasteiger partial charge in [-0.2, -0.15) is 0 Å². The number of thioether (sulfide) groups is 1. The molecule has 17 heavy (non-hydrogen) atoms. The zero-order valence-electron chi connectivity index (χ0n) is 9.70. The van der Waals surface area contributed by atoms with Gasteiger partial charge in [0.2, 0.25) is 0 Å². The molecular formula is C11H19Cl2N2OS+. The van der Waals surface area contributed by atoms with Gasteiger partial charge in [0, 0.05) is 17.0 Å². The molecule has 5 unspecified atom stereocenters. The second kappa shape index (κ2) is 6.11. The van der Waals surface area contributed by atoms with E-state index in [1.165, 1.54) is 4.90 Å². The maximum Gasteiger partial charge on any atom is 0.189 e. The molecule has 0 aromatic carbocycles. The van der Waals surface area contributed by atoms with Crippen LogP contribution in [0.15, 0.2) is 0 Å². The van der Waals surface area contributed by atoms with Crippen LogP contribution in [0.25, 0.3) is 0 Å². The fourth-order valence-corrected chi connectivity index (χ4v) is 4.15. The average Bonchev–Trinajstić information content (AvgIpc) is 2.68. The highest BCUT2D eigenvalue weighted by atomic mass is 35.5. The number of hydrogen-bond donors (Lipinski definition) is 2. The maximum absolute atomic E-state index is 12.2. The summed E-state index contributed by atoms with van der Waals surface area (Å²) in [6.45, 7) is 1.54. The number of carbonyl (C=O) groups is 1. The molecule has 1 saturated carbocycles. The van der Waals surface area contributed by atoms with E-state index in [4.69, 9.17) is 28.9 Å². The molecule has 1 heterocycles. The summed E-state index contributed by atoms with van der Waals surface area (Å²) in [5.41, 5.74) is 6.00. The van der Waals surface area contributed by atoms with E-state index in [-0.39, 0.29) is 22.2 Å². The van der Waals surface area contributed by atoms with Crippen molar-refractivity contribution < 1.29 is 9.69 Å². The van der Waals surface area contributed by atoms with Crippen molar-refractivity contribution in [3.63, 3.8) is 0 Å². The number of hydrogen-bond acceptors (Lipinski definition) is 3. The summed E-state index contributed by atoms with van der Waals surface area (Å²) in [6.07, 6.45) is 2.46. The SMILES string of the molecule is NC1SCC[NH+]1CC(=O)C1CCC(Cl)C(Cl)C1. The zero-order valence-corrected chi connectivity index (χ0v) is 12.0. The number of halogens is 2. The molecule has 2 rings (SSSR count). The second-order valence-electron chi connectivity index (χ2n) is 4.88. The van der Waals surface area contributed by atoms with Crippen LogP contribution in [-0.2, 0) is 4.79 Å². The quantitative estimate of drug-likeness (QED) is 0.744. The number of nitrogens with two attached hydrogens (primary N) is 1. The van der Waals surface area contributed by atoms with E-state index in [1.807, 2.05) is 0 Å². The topological polar surface area (TPSA) is 47.5 Å². The molecule has 0 radical (unpaired) electrons. The summed E-state index contributed by atoms with van der Waals surface area (Å²) in [5.74, 6) is 1.46. The molecule has 1 saturated heterocycles. The third kappa shape index (κ3) is 3.51. The van der Waals surface area contributed by atoms with Crippen LogP contribution < -0.4 is 10.6 Å². The lowest BCUT2D eigenvalue weighted by molar-refractivity contribution is -0.894. The van der Waals surface area contributed by atoms with Gasteiger partial charge in [0.25, 0.3) is 0 Å². The van der Waals surface area contributed by atoms with Crippen LogP contribution in [0.3, 0.4) is 0 Å². The highest BCUT2D eigenvalue weighted by Gasteiger charge is 2.35. The Bertz CT molecular complexity index is 293. The Morgan fingerprint density at radius 1 is 1.35 bits per heavy atom. The van der Waals surface area contributed by atoms with Gasteiger partial charge in [-0.05, 0) is 19.3 Å². The van der Waals surface area contributed by atoms with Gasteiger partial charge in [-0.25, -0.2) is 0 Å². The standard InChI is InChI=1S/C11H18Cl2N2OS/c12-8-2-1-7(5-9(8)13)10(16)6-15-3-4-17-11(15)14/h7-9,11H,1-6,14H2/p+1. The maximum atomic E-state index is 12.2. The fraction of sp³-hybridized carbons (Fsp3) is 0.909. The van der Waals surface area contributed by atoms with Crippen molar-refractivity contribution in [1.82, 2.24) is 0 Å². The summed E-state index contributed by atoms with van der Waals surface area (Å²) in [7, 11) is 0. The zero-order chi connectivity index (χ0) is 12.4. The van der Waals surface area contributed by atoms with E-state index in [1.54, 1.807) is 11.8 Å². The van der Waals surface area contributed by atoms with E-state index in [0.29, 0.717) is 12.3 Å². The number of rotatable bonds is 3. The molecule has 1 aliphatic heterocycles. The Hall–Kier alpha value is 0.520. The lowest BCUT2D eigenvalue weighted by atomic mass is 9.85. The van der Waals surface area contributed by atoms with E-state index in [9.17, 15) is 4.79 Å². The van der Waals surface area contributed by atoms with Crippen LogP contribution in [0.1, 0.15) is 19.3 Å². The lowest BCUT2D eigenvalue weighted by Crippen LogP contribution is -3.16. The van der Waals surface area contributed by atoms with Gasteiger partial charge >= 0.3 is 0 Å². The van der Waals surface area contributed by atoms with Crippen LogP contribution in [0.4, 0.5) is 0 Å². The van der Waals surface area contributed by atoms with Gasteiger partial charge in [0.05, 0.1) is 11.9 Å². The van der Waals surface area contributed by atoms with Gasteiger partial charge in [0.1, 0.15) is 6.54 Å². The van der Waals surface area contributed by atoms with Crippen molar-refractivity contribution in [2.45, 2.75) is 35.5 Å². The molecule has 98 valence electrons. The minimum Gasteiger partial charge on any atom is -0.305 e. The molecule has 0 aromatic heterocycles. The second-order valence-corrected chi connectivity index (χ2v) is 7.26. The first-order valence-electron chi connectivity index (χ1n) is 6.10. The molecule has 0 amide bonds.